The molecule has 0 saturated carbocycles. The van der Waals surface area contributed by atoms with Gasteiger partial charge in [-0.25, -0.2) is 4.79 Å². The first-order chi connectivity index (χ1) is 6.28. The fourth-order valence-corrected chi connectivity index (χ4v) is 0.852. The van der Waals surface area contributed by atoms with Crippen LogP contribution in [0.4, 0.5) is 0 Å². The fourth-order valence-electron chi connectivity index (χ4n) is 0.852. The second kappa shape index (κ2) is 4.27. The minimum atomic E-state index is -3.01. The number of hydrogen-bond acceptors (Lipinski definition) is 6. The van der Waals surface area contributed by atoms with Crippen LogP contribution >= 0.6 is 0 Å². The average molecular weight is 206 g/mol. The van der Waals surface area contributed by atoms with E-state index in [1.54, 1.807) is 0 Å². The minimum absolute atomic E-state index is 0.362. The molecule has 0 fully saturated rings. The van der Waals surface area contributed by atoms with Crippen LogP contribution < -0.4 is 0 Å². The van der Waals surface area contributed by atoms with Crippen LogP contribution in [0.3, 0.4) is 0 Å². The molecule has 0 aliphatic heterocycles. The molecule has 0 spiro atoms. The average Bonchev–Trinajstić information content (AvgIpc) is 2.13. The summed E-state index contributed by atoms with van der Waals surface area (Å²) in [5, 5.41) is 35.5. The molecular weight excluding hydrogens is 196 g/mol. The van der Waals surface area contributed by atoms with Gasteiger partial charge in [-0.1, -0.05) is 0 Å². The van der Waals surface area contributed by atoms with Gasteiger partial charge in [-0.3, -0.25) is 9.59 Å². The van der Waals surface area contributed by atoms with Gasteiger partial charge in [0, 0.05) is 0 Å². The van der Waals surface area contributed by atoms with Crippen molar-refractivity contribution in [2.24, 2.45) is 0 Å². The third-order valence-electron chi connectivity index (χ3n) is 1.79. The van der Waals surface area contributed by atoms with Crippen LogP contribution in [0, 0.1) is 0 Å². The van der Waals surface area contributed by atoms with E-state index in [0.29, 0.717) is 0 Å². The van der Waals surface area contributed by atoms with Crippen molar-refractivity contribution in [1.29, 1.82) is 0 Å². The molecule has 0 bridgehead atoms. The molecule has 7 nitrogen and oxygen atoms in total. The van der Waals surface area contributed by atoms with E-state index in [1.165, 1.54) is 0 Å². The highest BCUT2D eigenvalue weighted by atomic mass is 16.4. The van der Waals surface area contributed by atoms with Crippen LogP contribution in [0.25, 0.3) is 0 Å². The molecule has 0 aliphatic carbocycles. The maximum Gasteiger partial charge on any atom is 0.336 e. The Morgan fingerprint density at radius 3 is 2.00 bits per heavy atom. The number of carboxylic acid groups (broad SMARTS) is 1. The third kappa shape index (κ3) is 1.95. The van der Waals surface area contributed by atoms with Crippen molar-refractivity contribution in [1.82, 2.24) is 0 Å². The van der Waals surface area contributed by atoms with E-state index in [4.69, 9.17) is 15.3 Å². The summed E-state index contributed by atoms with van der Waals surface area (Å²) in [6, 6.07) is 0. The number of ketones is 1. The van der Waals surface area contributed by atoms with Gasteiger partial charge in [0.25, 0.3) is 0 Å². The van der Waals surface area contributed by atoms with Gasteiger partial charge in [0.2, 0.25) is 5.78 Å². The molecule has 0 aromatic carbocycles. The molecule has 0 unspecified atom stereocenters. The number of aliphatic hydroxyl groups excluding tert-OH is 2. The molecule has 0 aliphatic rings. The number of aliphatic carboxylic acids is 1. The number of aliphatic hydroxyl groups is 3. The Bertz CT molecular complexity index is 259. The highest BCUT2D eigenvalue weighted by molar-refractivity contribution is 6.30. The van der Waals surface area contributed by atoms with E-state index in [1.807, 2.05) is 0 Å². The lowest BCUT2D eigenvalue weighted by Gasteiger charge is -2.29. The lowest BCUT2D eigenvalue weighted by atomic mass is 9.87. The molecule has 0 rings (SSSR count). The van der Waals surface area contributed by atoms with Crippen molar-refractivity contribution >= 4 is 18.0 Å². The van der Waals surface area contributed by atoms with Crippen molar-refractivity contribution in [3.05, 3.63) is 0 Å². The van der Waals surface area contributed by atoms with Gasteiger partial charge in [-0.05, 0) is 6.92 Å². The number of carbonyl (C=O) groups is 3. The molecule has 0 amide bonds. The number of hydrogen-bond donors (Lipinski definition) is 4. The van der Waals surface area contributed by atoms with Crippen molar-refractivity contribution in [2.75, 3.05) is 0 Å². The summed E-state index contributed by atoms with van der Waals surface area (Å²) in [5.74, 6) is -3.51. The summed E-state index contributed by atoms with van der Waals surface area (Å²) in [6.45, 7) is 0.882. The minimum Gasteiger partial charge on any atom is -0.479 e. The Morgan fingerprint density at radius 1 is 1.36 bits per heavy atom. The van der Waals surface area contributed by atoms with E-state index in [9.17, 15) is 19.5 Å². The fraction of sp³-hybridized carbons (Fsp3) is 0.571. The Kier molecular flexibility index (Phi) is 3.87. The summed E-state index contributed by atoms with van der Waals surface area (Å²) in [4.78, 5) is 31.2. The molecule has 0 aromatic rings. The Morgan fingerprint density at radius 2 is 1.79 bits per heavy atom. The Labute approximate surface area is 78.6 Å². The zero-order valence-corrected chi connectivity index (χ0v) is 7.25. The van der Waals surface area contributed by atoms with E-state index in [2.05, 4.69) is 0 Å². The number of carbonyl (C=O) groups excluding carboxylic acids is 2. The molecular formula is C7H10O7. The smallest absolute Gasteiger partial charge is 0.336 e. The summed E-state index contributed by atoms with van der Waals surface area (Å²) in [6.07, 6.45) is -4.80. The zero-order chi connectivity index (χ0) is 11.5. The second-order valence-electron chi connectivity index (χ2n) is 2.72. The van der Waals surface area contributed by atoms with Gasteiger partial charge in [0.15, 0.2) is 18.0 Å². The predicted octanol–water partition coefficient (Wildman–Crippen LogP) is -2.69. The standard InChI is InChI=1S/C7H10O7/c1-3(9)7(14,4(10)2-8)5(11)6(12)13/h2-3,5,9,11,14H,1H3,(H,12,13)/t3-,5-,7-/m0/s1. The van der Waals surface area contributed by atoms with Crippen LogP contribution in [-0.2, 0) is 14.4 Å². The van der Waals surface area contributed by atoms with Crippen LogP contribution in [0.15, 0.2) is 0 Å². The van der Waals surface area contributed by atoms with Gasteiger partial charge in [-0.15, -0.1) is 0 Å². The number of carboxylic acids is 1. The van der Waals surface area contributed by atoms with Crippen molar-refractivity contribution in [2.45, 2.75) is 24.7 Å². The quantitative estimate of drug-likeness (QED) is 0.284. The molecule has 0 heterocycles. The first-order valence-electron chi connectivity index (χ1n) is 3.59. The molecule has 3 atom stereocenters. The van der Waals surface area contributed by atoms with Crippen LogP contribution in [0.1, 0.15) is 6.92 Å². The molecule has 4 N–H and O–H groups in total. The summed E-state index contributed by atoms with van der Waals surface area (Å²) >= 11 is 0. The van der Waals surface area contributed by atoms with Crippen molar-refractivity contribution in [3.8, 4) is 0 Å². The first-order valence-corrected chi connectivity index (χ1v) is 3.59. The summed E-state index contributed by atoms with van der Waals surface area (Å²) in [5.41, 5.74) is -3.01. The molecule has 0 aromatic heterocycles. The van der Waals surface area contributed by atoms with Crippen molar-refractivity contribution < 1.29 is 34.8 Å². The maximum absolute atomic E-state index is 10.8. The second-order valence-corrected chi connectivity index (χ2v) is 2.72. The SMILES string of the molecule is C[C@H](O)[C@](O)(C(=O)C=O)[C@@H](O)C(=O)O. The largest absolute Gasteiger partial charge is 0.479 e. The number of aldehydes is 1. The Balaban J connectivity index is 5.19. The molecule has 0 radical (unpaired) electrons. The third-order valence-corrected chi connectivity index (χ3v) is 1.79. The summed E-state index contributed by atoms with van der Waals surface area (Å²) in [7, 11) is 0. The monoisotopic (exact) mass is 206 g/mol. The highest BCUT2D eigenvalue weighted by Gasteiger charge is 2.50. The van der Waals surface area contributed by atoms with Crippen LogP contribution in [-0.4, -0.2) is 56.3 Å². The topological polar surface area (TPSA) is 132 Å². The van der Waals surface area contributed by atoms with Crippen LogP contribution in [0.5, 0.6) is 0 Å². The van der Waals surface area contributed by atoms with Gasteiger partial charge >= 0.3 is 5.97 Å². The van der Waals surface area contributed by atoms with Crippen molar-refractivity contribution in [3.63, 3.8) is 0 Å². The van der Waals surface area contributed by atoms with E-state index in [-0.39, 0.29) is 6.29 Å². The van der Waals surface area contributed by atoms with Gasteiger partial charge in [0.05, 0.1) is 6.10 Å². The molecule has 0 saturated heterocycles. The van der Waals surface area contributed by atoms with E-state index in [0.717, 1.165) is 6.92 Å². The first kappa shape index (κ1) is 12.7. The predicted molar refractivity (Wildman–Crippen MR) is 41.3 cm³/mol. The maximum atomic E-state index is 10.8. The van der Waals surface area contributed by atoms with E-state index < -0.39 is 29.6 Å². The van der Waals surface area contributed by atoms with Gasteiger partial charge in [-0.2, -0.15) is 0 Å². The van der Waals surface area contributed by atoms with E-state index >= 15 is 0 Å². The molecule has 14 heavy (non-hydrogen) atoms. The zero-order valence-electron chi connectivity index (χ0n) is 7.25. The summed E-state index contributed by atoms with van der Waals surface area (Å²) < 4.78 is 0. The number of Topliss-reactive ketones (excluding diaryl/α,β-unsaturated/α-hetero) is 1. The van der Waals surface area contributed by atoms with Gasteiger partial charge in [0.1, 0.15) is 0 Å². The lowest BCUT2D eigenvalue weighted by Crippen LogP contribution is -2.60. The lowest BCUT2D eigenvalue weighted by molar-refractivity contribution is -0.184. The van der Waals surface area contributed by atoms with Crippen LogP contribution in [0.2, 0.25) is 0 Å². The van der Waals surface area contributed by atoms with Gasteiger partial charge < -0.3 is 20.4 Å². The number of rotatable bonds is 5. The molecule has 80 valence electrons. The Hall–Kier alpha value is -1.31. The normalized spacial score (nSPS) is 19.1. The highest BCUT2D eigenvalue weighted by Crippen LogP contribution is 2.17. The molecule has 7 heteroatoms.